The van der Waals surface area contributed by atoms with Crippen LogP contribution in [-0.4, -0.2) is 14.6 Å². The fraction of sp³-hybridized carbons (Fsp3) is 0.389. The minimum Gasteiger partial charge on any atom is -0.200 e. The van der Waals surface area contributed by atoms with Crippen molar-refractivity contribution in [2.24, 2.45) is 11.0 Å². The predicted octanol–water partition coefficient (Wildman–Crippen LogP) is 4.32. The third-order valence-electron chi connectivity index (χ3n) is 3.56. The number of hydrazone groups is 1. The Morgan fingerprint density at radius 2 is 1.79 bits per heavy atom. The largest absolute Gasteiger partial charge is 0.276 e. The van der Waals surface area contributed by atoms with Gasteiger partial charge in [0, 0.05) is 21.9 Å². The first-order valence-electron chi connectivity index (χ1n) is 7.98. The molecule has 0 saturated heterocycles. The van der Waals surface area contributed by atoms with Crippen molar-refractivity contribution in [3.8, 4) is 0 Å². The number of thiophene rings is 1. The third kappa shape index (κ3) is 5.18. The van der Waals surface area contributed by atoms with Crippen LogP contribution >= 0.6 is 11.3 Å². The van der Waals surface area contributed by atoms with Gasteiger partial charge in [0.05, 0.1) is 4.90 Å². The van der Waals surface area contributed by atoms with Crippen LogP contribution in [0.15, 0.2) is 46.4 Å². The Morgan fingerprint density at radius 3 is 2.33 bits per heavy atom. The van der Waals surface area contributed by atoms with Gasteiger partial charge in [-0.2, -0.15) is 13.5 Å². The fourth-order valence-electron chi connectivity index (χ4n) is 2.31. The molecule has 0 aliphatic heterocycles. The highest BCUT2D eigenvalue weighted by Gasteiger charge is 2.13. The first kappa shape index (κ1) is 18.7. The quantitative estimate of drug-likeness (QED) is 0.587. The van der Waals surface area contributed by atoms with Crippen LogP contribution in [0.1, 0.15) is 42.0 Å². The third-order valence-corrected chi connectivity index (χ3v) is 6.00. The van der Waals surface area contributed by atoms with E-state index in [1.807, 2.05) is 38.1 Å². The molecule has 0 spiro atoms. The maximum atomic E-state index is 12.3. The van der Waals surface area contributed by atoms with Crippen molar-refractivity contribution in [2.45, 2.75) is 44.9 Å². The number of rotatable bonds is 7. The van der Waals surface area contributed by atoms with E-state index in [0.29, 0.717) is 5.92 Å². The summed E-state index contributed by atoms with van der Waals surface area (Å²) in [6.07, 6.45) is 2.56. The number of hydrogen-bond acceptors (Lipinski definition) is 4. The van der Waals surface area contributed by atoms with E-state index in [4.69, 9.17) is 0 Å². The average molecular weight is 365 g/mol. The van der Waals surface area contributed by atoms with E-state index in [-0.39, 0.29) is 10.8 Å². The van der Waals surface area contributed by atoms with Crippen LogP contribution in [-0.2, 0) is 16.4 Å². The maximum absolute atomic E-state index is 12.3. The molecule has 0 saturated carbocycles. The smallest absolute Gasteiger partial charge is 0.200 e. The van der Waals surface area contributed by atoms with E-state index >= 15 is 0 Å². The molecule has 0 amide bonds. The second kappa shape index (κ2) is 7.94. The highest BCUT2D eigenvalue weighted by molar-refractivity contribution is 7.89. The molecule has 0 aliphatic carbocycles. The topological polar surface area (TPSA) is 58.5 Å². The number of benzene rings is 1. The summed E-state index contributed by atoms with van der Waals surface area (Å²) in [4.78, 5) is 4.91. The molecule has 4 nitrogen and oxygen atoms in total. The summed E-state index contributed by atoms with van der Waals surface area (Å²) >= 11 is 1.69. The van der Waals surface area contributed by atoms with E-state index < -0.39 is 10.0 Å². The van der Waals surface area contributed by atoms with E-state index in [9.17, 15) is 8.42 Å². The molecular weight excluding hydrogens is 340 g/mol. The minimum atomic E-state index is -3.62. The molecule has 0 aliphatic rings. The highest BCUT2D eigenvalue weighted by atomic mass is 32.2. The SMILES string of the molecule is Cc1ccc([C@@H](C)/C=N\NS(=O)(=O)c2ccc(CC(C)C)cc2)s1. The zero-order valence-electron chi connectivity index (χ0n) is 14.5. The molecule has 1 aromatic carbocycles. The lowest BCUT2D eigenvalue weighted by atomic mass is 10.0. The van der Waals surface area contributed by atoms with Gasteiger partial charge < -0.3 is 0 Å². The van der Waals surface area contributed by atoms with E-state index in [1.165, 1.54) is 4.88 Å². The molecule has 2 aromatic rings. The predicted molar refractivity (Wildman–Crippen MR) is 101 cm³/mol. The Morgan fingerprint density at radius 1 is 1.12 bits per heavy atom. The summed E-state index contributed by atoms with van der Waals surface area (Å²) in [6.45, 7) is 8.31. The van der Waals surface area contributed by atoms with Gasteiger partial charge in [0.15, 0.2) is 0 Å². The molecule has 6 heteroatoms. The average Bonchev–Trinajstić information content (AvgIpc) is 2.93. The lowest BCUT2D eigenvalue weighted by molar-refractivity contribution is 0.584. The van der Waals surface area contributed by atoms with Crippen molar-refractivity contribution in [2.75, 3.05) is 0 Å². The number of nitrogens with one attached hydrogen (secondary N) is 1. The van der Waals surface area contributed by atoms with E-state index in [0.717, 1.165) is 16.9 Å². The molecular formula is C18H24N2O2S2. The van der Waals surface area contributed by atoms with Crippen LogP contribution in [0.25, 0.3) is 0 Å². The van der Waals surface area contributed by atoms with Crippen LogP contribution in [0.5, 0.6) is 0 Å². The van der Waals surface area contributed by atoms with Crippen molar-refractivity contribution in [3.05, 3.63) is 51.7 Å². The second-order valence-electron chi connectivity index (χ2n) is 6.35. The molecule has 1 N–H and O–H groups in total. The number of sulfonamides is 1. The number of hydrogen-bond donors (Lipinski definition) is 1. The normalized spacial score (nSPS) is 13.5. The van der Waals surface area contributed by atoms with Gasteiger partial charge in [0.2, 0.25) is 0 Å². The Hall–Kier alpha value is -1.66. The van der Waals surface area contributed by atoms with Crippen LogP contribution in [0, 0.1) is 12.8 Å². The molecule has 0 fully saturated rings. The molecule has 1 heterocycles. The first-order chi connectivity index (χ1) is 11.3. The molecule has 130 valence electrons. The summed E-state index contributed by atoms with van der Waals surface area (Å²) in [5, 5.41) is 3.92. The molecule has 0 bridgehead atoms. The second-order valence-corrected chi connectivity index (χ2v) is 9.33. The Balaban J connectivity index is 2.01. The van der Waals surface area contributed by atoms with Gasteiger partial charge in [-0.1, -0.05) is 32.9 Å². The van der Waals surface area contributed by atoms with Crippen molar-refractivity contribution in [1.29, 1.82) is 0 Å². The molecule has 2 rings (SSSR count). The monoisotopic (exact) mass is 364 g/mol. The minimum absolute atomic E-state index is 0.0693. The van der Waals surface area contributed by atoms with Crippen LogP contribution in [0.4, 0.5) is 0 Å². The first-order valence-corrected chi connectivity index (χ1v) is 10.3. The molecule has 0 unspecified atom stereocenters. The Bertz CT molecular complexity index is 791. The fourth-order valence-corrected chi connectivity index (χ4v) is 4.00. The zero-order valence-corrected chi connectivity index (χ0v) is 16.1. The van der Waals surface area contributed by atoms with Crippen molar-refractivity contribution >= 4 is 27.6 Å². The van der Waals surface area contributed by atoms with Crippen molar-refractivity contribution in [1.82, 2.24) is 4.83 Å². The number of nitrogens with zero attached hydrogens (tertiary/aromatic N) is 1. The lowest BCUT2D eigenvalue weighted by Crippen LogP contribution is -2.18. The standard InChI is InChI=1S/C18H24N2O2S2/c1-13(2)11-16-6-8-17(9-7-16)24(21,22)20-19-12-14(3)18-10-5-15(4)23-18/h5-10,12-14,20H,11H2,1-4H3/b19-12-/t14-/m0/s1. The summed E-state index contributed by atoms with van der Waals surface area (Å²) in [5.74, 6) is 0.609. The summed E-state index contributed by atoms with van der Waals surface area (Å²) in [5.41, 5.74) is 1.13. The summed E-state index contributed by atoms with van der Waals surface area (Å²) < 4.78 is 24.5. The molecule has 1 aromatic heterocycles. The van der Waals surface area contributed by atoms with Gasteiger partial charge in [-0.3, -0.25) is 0 Å². The zero-order chi connectivity index (χ0) is 17.7. The van der Waals surface area contributed by atoms with Gasteiger partial charge in [0.1, 0.15) is 0 Å². The molecule has 24 heavy (non-hydrogen) atoms. The highest BCUT2D eigenvalue weighted by Crippen LogP contribution is 2.22. The van der Waals surface area contributed by atoms with Crippen LogP contribution in [0.3, 0.4) is 0 Å². The van der Waals surface area contributed by atoms with Gasteiger partial charge in [-0.15, -0.1) is 11.3 Å². The van der Waals surface area contributed by atoms with Gasteiger partial charge in [-0.25, -0.2) is 4.83 Å². The van der Waals surface area contributed by atoms with Crippen LogP contribution < -0.4 is 4.83 Å². The van der Waals surface area contributed by atoms with E-state index in [2.05, 4.69) is 23.8 Å². The lowest BCUT2D eigenvalue weighted by Gasteiger charge is -2.07. The number of aryl methyl sites for hydroxylation is 1. The molecule has 0 radical (unpaired) electrons. The summed E-state index contributed by atoms with van der Waals surface area (Å²) in [6, 6.07) is 11.1. The molecule has 1 atom stereocenters. The van der Waals surface area contributed by atoms with Gasteiger partial charge >= 0.3 is 0 Å². The van der Waals surface area contributed by atoms with Crippen LogP contribution in [0.2, 0.25) is 0 Å². The van der Waals surface area contributed by atoms with Gasteiger partial charge in [0.25, 0.3) is 10.0 Å². The van der Waals surface area contributed by atoms with Crippen molar-refractivity contribution in [3.63, 3.8) is 0 Å². The maximum Gasteiger partial charge on any atom is 0.276 e. The van der Waals surface area contributed by atoms with Gasteiger partial charge in [-0.05, 0) is 49.1 Å². The Labute approximate surface area is 148 Å². The Kier molecular flexibility index (Phi) is 6.18. The van der Waals surface area contributed by atoms with E-state index in [1.54, 1.807) is 29.7 Å². The van der Waals surface area contributed by atoms with Crippen molar-refractivity contribution < 1.29 is 8.42 Å². The summed E-state index contributed by atoms with van der Waals surface area (Å²) in [7, 11) is -3.62.